The summed E-state index contributed by atoms with van der Waals surface area (Å²) >= 11 is 0. The minimum atomic E-state index is -0.170. The summed E-state index contributed by atoms with van der Waals surface area (Å²) in [4.78, 5) is 39.3. The Morgan fingerprint density at radius 2 is 1.61 bits per heavy atom. The van der Waals surface area contributed by atoms with Gasteiger partial charge in [0.25, 0.3) is 5.91 Å². The van der Waals surface area contributed by atoms with E-state index in [1.54, 1.807) is 34.1 Å². The zero-order chi connectivity index (χ0) is 19.5. The Morgan fingerprint density at radius 1 is 0.929 bits per heavy atom. The van der Waals surface area contributed by atoms with E-state index in [9.17, 15) is 14.4 Å². The van der Waals surface area contributed by atoms with Gasteiger partial charge in [-0.3, -0.25) is 14.5 Å². The molecule has 4 rings (SSSR count). The zero-order valence-electron chi connectivity index (χ0n) is 15.5. The van der Waals surface area contributed by atoms with Crippen molar-refractivity contribution in [3.63, 3.8) is 0 Å². The molecule has 2 fully saturated rings. The first-order valence-electron chi connectivity index (χ1n) is 9.45. The van der Waals surface area contributed by atoms with Crippen molar-refractivity contribution in [2.75, 3.05) is 29.4 Å². The number of rotatable bonds is 5. The molecular formula is C21H22N4O3. The molecule has 0 unspecified atom stereocenters. The van der Waals surface area contributed by atoms with Crippen LogP contribution in [0.3, 0.4) is 0 Å². The predicted octanol–water partition coefficient (Wildman–Crippen LogP) is 2.27. The fourth-order valence-corrected chi connectivity index (χ4v) is 3.51. The Bertz CT molecular complexity index is 893. The molecule has 0 atom stereocenters. The van der Waals surface area contributed by atoms with Crippen molar-refractivity contribution >= 4 is 29.2 Å². The lowest BCUT2D eigenvalue weighted by Gasteiger charge is -2.16. The van der Waals surface area contributed by atoms with E-state index in [1.165, 1.54) is 0 Å². The number of carbonyl (C=O) groups is 3. The van der Waals surface area contributed by atoms with Crippen LogP contribution in [-0.4, -0.2) is 37.5 Å². The summed E-state index contributed by atoms with van der Waals surface area (Å²) in [7, 11) is 0. The van der Waals surface area contributed by atoms with E-state index in [0.717, 1.165) is 29.9 Å². The molecule has 0 saturated carbocycles. The molecule has 2 aliphatic rings. The van der Waals surface area contributed by atoms with Crippen molar-refractivity contribution in [3.05, 3.63) is 59.7 Å². The van der Waals surface area contributed by atoms with Gasteiger partial charge in [-0.25, -0.2) is 4.79 Å². The van der Waals surface area contributed by atoms with Gasteiger partial charge in [-0.15, -0.1) is 0 Å². The smallest absolute Gasteiger partial charge is 0.321 e. The number of urea groups is 1. The van der Waals surface area contributed by atoms with Gasteiger partial charge in [0.05, 0.1) is 0 Å². The Labute approximate surface area is 163 Å². The highest BCUT2D eigenvalue weighted by molar-refractivity contribution is 5.97. The van der Waals surface area contributed by atoms with Crippen LogP contribution in [0.4, 0.5) is 16.2 Å². The maximum absolute atomic E-state index is 12.4. The van der Waals surface area contributed by atoms with Crippen LogP contribution in [0.5, 0.6) is 0 Å². The highest BCUT2D eigenvalue weighted by Gasteiger charge is 2.22. The number of nitrogens with zero attached hydrogens (tertiary/aromatic N) is 2. The molecule has 0 radical (unpaired) electrons. The number of carbonyl (C=O) groups excluding carboxylic acids is 3. The first-order valence-corrected chi connectivity index (χ1v) is 9.45. The minimum Gasteiger partial charge on any atom is -0.348 e. The topological polar surface area (TPSA) is 81.8 Å². The van der Waals surface area contributed by atoms with E-state index >= 15 is 0 Å². The van der Waals surface area contributed by atoms with Gasteiger partial charge in [-0.2, -0.15) is 0 Å². The largest absolute Gasteiger partial charge is 0.348 e. The van der Waals surface area contributed by atoms with E-state index in [2.05, 4.69) is 10.6 Å². The molecular weight excluding hydrogens is 356 g/mol. The lowest BCUT2D eigenvalue weighted by Crippen LogP contribution is -2.28. The molecule has 0 aliphatic carbocycles. The second-order valence-corrected chi connectivity index (χ2v) is 6.93. The lowest BCUT2D eigenvalue weighted by molar-refractivity contribution is -0.117. The molecule has 28 heavy (non-hydrogen) atoms. The maximum atomic E-state index is 12.4. The van der Waals surface area contributed by atoms with Crippen LogP contribution in [0.25, 0.3) is 0 Å². The van der Waals surface area contributed by atoms with Gasteiger partial charge in [0.1, 0.15) is 0 Å². The van der Waals surface area contributed by atoms with Crippen LogP contribution in [0.15, 0.2) is 48.5 Å². The highest BCUT2D eigenvalue weighted by atomic mass is 16.2. The van der Waals surface area contributed by atoms with E-state index in [0.29, 0.717) is 31.6 Å². The quantitative estimate of drug-likeness (QED) is 0.837. The molecule has 144 valence electrons. The summed E-state index contributed by atoms with van der Waals surface area (Å²) in [5.74, 6) is -0.00729. The summed E-state index contributed by atoms with van der Waals surface area (Å²) in [6, 6.07) is 14.6. The van der Waals surface area contributed by atoms with Crippen LogP contribution in [-0.2, 0) is 11.3 Å². The van der Waals surface area contributed by atoms with Crippen molar-refractivity contribution in [1.29, 1.82) is 0 Å². The van der Waals surface area contributed by atoms with Gasteiger partial charge in [0, 0.05) is 49.5 Å². The van der Waals surface area contributed by atoms with Gasteiger partial charge in [0.15, 0.2) is 0 Å². The fraction of sp³-hybridized carbons (Fsp3) is 0.286. The molecule has 4 amide bonds. The third-order valence-electron chi connectivity index (χ3n) is 5.07. The summed E-state index contributed by atoms with van der Waals surface area (Å²) in [6.45, 7) is 2.43. The fourth-order valence-electron chi connectivity index (χ4n) is 3.51. The summed E-state index contributed by atoms with van der Waals surface area (Å²) in [5, 5.41) is 5.65. The second-order valence-electron chi connectivity index (χ2n) is 6.93. The first-order chi connectivity index (χ1) is 13.6. The van der Waals surface area contributed by atoms with Crippen molar-refractivity contribution < 1.29 is 14.4 Å². The maximum Gasteiger partial charge on any atom is 0.321 e. The third-order valence-corrected chi connectivity index (χ3v) is 5.07. The molecule has 0 aromatic heterocycles. The van der Waals surface area contributed by atoms with Gasteiger partial charge in [-0.05, 0) is 48.4 Å². The molecule has 7 nitrogen and oxygen atoms in total. The number of anilines is 2. The number of nitrogens with one attached hydrogen (secondary N) is 2. The molecule has 7 heteroatoms. The average molecular weight is 378 g/mol. The molecule has 2 aromatic carbocycles. The van der Waals surface area contributed by atoms with Gasteiger partial charge in [0.2, 0.25) is 5.91 Å². The lowest BCUT2D eigenvalue weighted by atomic mass is 10.1. The van der Waals surface area contributed by atoms with E-state index in [1.807, 2.05) is 24.3 Å². The van der Waals surface area contributed by atoms with Gasteiger partial charge in [-0.1, -0.05) is 12.1 Å². The van der Waals surface area contributed by atoms with Gasteiger partial charge < -0.3 is 15.5 Å². The summed E-state index contributed by atoms with van der Waals surface area (Å²) in [5.41, 5.74) is 3.19. The van der Waals surface area contributed by atoms with E-state index in [4.69, 9.17) is 0 Å². The van der Waals surface area contributed by atoms with Crippen LogP contribution in [0.1, 0.15) is 28.8 Å². The Morgan fingerprint density at radius 3 is 2.21 bits per heavy atom. The summed E-state index contributed by atoms with van der Waals surface area (Å²) in [6.07, 6.45) is 1.51. The molecule has 2 aromatic rings. The highest BCUT2D eigenvalue weighted by Crippen LogP contribution is 2.22. The third kappa shape index (κ3) is 3.69. The van der Waals surface area contributed by atoms with Crippen LogP contribution >= 0.6 is 0 Å². The van der Waals surface area contributed by atoms with Crippen molar-refractivity contribution in [2.45, 2.75) is 19.4 Å². The number of hydrogen-bond donors (Lipinski definition) is 2. The molecule has 0 spiro atoms. The number of hydrogen-bond acceptors (Lipinski definition) is 3. The van der Waals surface area contributed by atoms with Crippen molar-refractivity contribution in [1.82, 2.24) is 10.6 Å². The van der Waals surface area contributed by atoms with E-state index < -0.39 is 0 Å². The Balaban J connectivity index is 1.34. The predicted molar refractivity (Wildman–Crippen MR) is 106 cm³/mol. The SMILES string of the molecule is O=C(NCc1ccc(N2CCCC2=O)cc1)c1ccc(N2CCNC2=O)cc1. The summed E-state index contributed by atoms with van der Waals surface area (Å²) < 4.78 is 0. The van der Waals surface area contributed by atoms with Crippen LogP contribution < -0.4 is 20.4 Å². The zero-order valence-corrected chi connectivity index (χ0v) is 15.5. The molecule has 2 aliphatic heterocycles. The van der Waals surface area contributed by atoms with Crippen LogP contribution in [0.2, 0.25) is 0 Å². The minimum absolute atomic E-state index is 0.115. The second kappa shape index (κ2) is 7.72. The average Bonchev–Trinajstić information content (AvgIpc) is 3.35. The Hall–Kier alpha value is -3.35. The van der Waals surface area contributed by atoms with Gasteiger partial charge >= 0.3 is 6.03 Å². The van der Waals surface area contributed by atoms with Crippen molar-refractivity contribution in [2.24, 2.45) is 0 Å². The van der Waals surface area contributed by atoms with Crippen molar-refractivity contribution in [3.8, 4) is 0 Å². The molecule has 2 heterocycles. The standard InChI is InChI=1S/C21H22N4O3/c26-19-2-1-12-24(19)17-7-3-15(4-8-17)14-23-20(27)16-5-9-18(10-6-16)25-13-11-22-21(25)28/h3-10H,1-2,11-14H2,(H,22,28)(H,23,27). The number of benzene rings is 2. The molecule has 2 saturated heterocycles. The Kier molecular flexibility index (Phi) is 4.97. The first kappa shape index (κ1) is 18.0. The molecule has 2 N–H and O–H groups in total. The normalized spacial score (nSPS) is 16.4. The molecule has 0 bridgehead atoms. The number of amides is 4. The van der Waals surface area contributed by atoms with Crippen LogP contribution in [0, 0.1) is 0 Å². The monoisotopic (exact) mass is 378 g/mol. The van der Waals surface area contributed by atoms with E-state index in [-0.39, 0.29) is 17.8 Å².